The number of aromatic nitrogens is 2. The first kappa shape index (κ1) is 13.8. The molecule has 0 fully saturated rings. The zero-order chi connectivity index (χ0) is 14.6. The van der Waals surface area contributed by atoms with Crippen LogP contribution < -0.4 is 5.32 Å². The maximum atomic E-state index is 12.4. The van der Waals surface area contributed by atoms with Crippen LogP contribution >= 0.6 is 0 Å². The van der Waals surface area contributed by atoms with E-state index >= 15 is 0 Å². The Bertz CT molecular complexity index is 629. The largest absolute Gasteiger partial charge is 0.416 e. The zero-order valence-electron chi connectivity index (χ0n) is 10.1. The fourth-order valence-electron chi connectivity index (χ4n) is 1.55. The first-order valence-corrected chi connectivity index (χ1v) is 5.61. The summed E-state index contributed by atoms with van der Waals surface area (Å²) in [6.45, 7) is 0.268. The molecule has 1 heterocycles. The lowest BCUT2D eigenvalue weighted by atomic mass is 10.1. The second-order valence-corrected chi connectivity index (χ2v) is 3.95. The Morgan fingerprint density at radius 3 is 2.50 bits per heavy atom. The van der Waals surface area contributed by atoms with Gasteiger partial charge >= 0.3 is 6.18 Å². The molecular formula is C13H9F3N4. The van der Waals surface area contributed by atoms with Gasteiger partial charge in [0.2, 0.25) is 0 Å². The van der Waals surface area contributed by atoms with E-state index in [1.54, 1.807) is 0 Å². The number of rotatable bonds is 3. The summed E-state index contributed by atoms with van der Waals surface area (Å²) >= 11 is 0. The number of benzene rings is 1. The van der Waals surface area contributed by atoms with E-state index in [-0.39, 0.29) is 12.1 Å². The van der Waals surface area contributed by atoms with Gasteiger partial charge in [0.25, 0.3) is 0 Å². The molecule has 0 radical (unpaired) electrons. The highest BCUT2D eigenvalue weighted by molar-refractivity contribution is 5.50. The summed E-state index contributed by atoms with van der Waals surface area (Å²) in [6, 6.07) is 6.71. The van der Waals surface area contributed by atoms with Crippen molar-refractivity contribution in [3.63, 3.8) is 0 Å². The van der Waals surface area contributed by atoms with E-state index < -0.39 is 11.7 Å². The van der Waals surface area contributed by atoms with Gasteiger partial charge in [-0.3, -0.25) is 0 Å². The highest BCUT2D eigenvalue weighted by Gasteiger charge is 2.29. The van der Waals surface area contributed by atoms with Crippen LogP contribution in [0, 0.1) is 11.3 Å². The minimum absolute atomic E-state index is 0.268. The van der Waals surface area contributed by atoms with Crippen LogP contribution in [-0.4, -0.2) is 9.97 Å². The number of alkyl halides is 3. The number of hydrogen-bond donors (Lipinski definition) is 1. The Labute approximate surface area is 112 Å². The van der Waals surface area contributed by atoms with Gasteiger partial charge in [0.15, 0.2) is 0 Å². The predicted octanol–water partition coefficient (Wildman–Crippen LogP) is 2.98. The van der Waals surface area contributed by atoms with E-state index in [4.69, 9.17) is 5.26 Å². The molecule has 0 amide bonds. The normalized spacial score (nSPS) is 10.9. The molecule has 0 bridgehead atoms. The summed E-state index contributed by atoms with van der Waals surface area (Å²) in [5, 5.41) is 11.7. The van der Waals surface area contributed by atoms with E-state index in [9.17, 15) is 13.2 Å². The lowest BCUT2D eigenvalue weighted by Gasteiger charge is -2.09. The van der Waals surface area contributed by atoms with Crippen LogP contribution in [-0.2, 0) is 12.7 Å². The SMILES string of the molecule is N#Cc1cncnc1NCc1ccc(C(F)(F)F)cc1. The Morgan fingerprint density at radius 2 is 1.90 bits per heavy atom. The minimum Gasteiger partial charge on any atom is -0.365 e. The van der Waals surface area contributed by atoms with Gasteiger partial charge in [-0.05, 0) is 17.7 Å². The van der Waals surface area contributed by atoms with Gasteiger partial charge in [-0.15, -0.1) is 0 Å². The lowest BCUT2D eigenvalue weighted by Crippen LogP contribution is -2.06. The number of nitrogens with one attached hydrogen (secondary N) is 1. The Hall–Kier alpha value is -2.62. The molecule has 0 spiro atoms. The number of nitrogens with zero attached hydrogens (tertiary/aromatic N) is 3. The number of hydrogen-bond acceptors (Lipinski definition) is 4. The van der Waals surface area contributed by atoms with Crippen molar-refractivity contribution in [1.82, 2.24) is 9.97 Å². The topological polar surface area (TPSA) is 61.6 Å². The average Bonchev–Trinajstić information content (AvgIpc) is 2.45. The second-order valence-electron chi connectivity index (χ2n) is 3.95. The predicted molar refractivity (Wildman–Crippen MR) is 65.5 cm³/mol. The fraction of sp³-hybridized carbons (Fsp3) is 0.154. The van der Waals surface area contributed by atoms with Crippen molar-refractivity contribution in [2.75, 3.05) is 5.32 Å². The molecule has 0 saturated carbocycles. The smallest absolute Gasteiger partial charge is 0.365 e. The monoisotopic (exact) mass is 278 g/mol. The maximum Gasteiger partial charge on any atom is 0.416 e. The molecule has 0 unspecified atom stereocenters. The molecule has 102 valence electrons. The van der Waals surface area contributed by atoms with Gasteiger partial charge in [0.05, 0.1) is 11.8 Å². The molecule has 1 N–H and O–H groups in total. The third-order valence-corrected chi connectivity index (χ3v) is 2.57. The Kier molecular flexibility index (Phi) is 3.84. The van der Waals surface area contributed by atoms with Gasteiger partial charge in [0.1, 0.15) is 23.8 Å². The average molecular weight is 278 g/mol. The third kappa shape index (κ3) is 3.23. The van der Waals surface area contributed by atoms with E-state index in [1.165, 1.54) is 24.7 Å². The summed E-state index contributed by atoms with van der Waals surface area (Å²) in [4.78, 5) is 7.61. The van der Waals surface area contributed by atoms with Crippen LogP contribution in [0.5, 0.6) is 0 Å². The van der Waals surface area contributed by atoms with Crippen LogP contribution in [0.15, 0.2) is 36.8 Å². The van der Waals surface area contributed by atoms with Crippen LogP contribution in [0.4, 0.5) is 19.0 Å². The molecule has 1 aromatic heterocycles. The van der Waals surface area contributed by atoms with Crippen LogP contribution in [0.25, 0.3) is 0 Å². The molecule has 0 aliphatic rings. The zero-order valence-corrected chi connectivity index (χ0v) is 10.1. The highest BCUT2D eigenvalue weighted by atomic mass is 19.4. The van der Waals surface area contributed by atoms with Crippen molar-refractivity contribution < 1.29 is 13.2 Å². The van der Waals surface area contributed by atoms with E-state index in [0.29, 0.717) is 11.4 Å². The van der Waals surface area contributed by atoms with E-state index in [1.807, 2.05) is 6.07 Å². The van der Waals surface area contributed by atoms with Gasteiger partial charge in [-0.25, -0.2) is 9.97 Å². The number of halogens is 3. The molecule has 2 aromatic rings. The van der Waals surface area contributed by atoms with Crippen LogP contribution in [0.1, 0.15) is 16.7 Å². The van der Waals surface area contributed by atoms with Crippen molar-refractivity contribution in [2.24, 2.45) is 0 Å². The van der Waals surface area contributed by atoms with Crippen molar-refractivity contribution in [1.29, 1.82) is 5.26 Å². The summed E-state index contributed by atoms with van der Waals surface area (Å²) in [5.74, 6) is 0.349. The first-order valence-electron chi connectivity index (χ1n) is 5.61. The molecule has 0 saturated heterocycles. The van der Waals surface area contributed by atoms with Gasteiger partial charge in [0, 0.05) is 6.54 Å². The Balaban J connectivity index is 2.07. The van der Waals surface area contributed by atoms with E-state index in [0.717, 1.165) is 12.1 Å². The maximum absolute atomic E-state index is 12.4. The molecule has 0 aliphatic heterocycles. The summed E-state index contributed by atoms with van der Waals surface area (Å²) in [6.07, 6.45) is -1.69. The number of nitriles is 1. The molecule has 20 heavy (non-hydrogen) atoms. The molecule has 7 heteroatoms. The van der Waals surface area contributed by atoms with Crippen molar-refractivity contribution in [3.8, 4) is 6.07 Å². The molecule has 4 nitrogen and oxygen atoms in total. The fourth-order valence-corrected chi connectivity index (χ4v) is 1.55. The number of anilines is 1. The Morgan fingerprint density at radius 1 is 1.20 bits per heavy atom. The quantitative estimate of drug-likeness (QED) is 0.937. The van der Waals surface area contributed by atoms with Crippen LogP contribution in [0.3, 0.4) is 0 Å². The molecule has 0 atom stereocenters. The first-order chi connectivity index (χ1) is 9.50. The van der Waals surface area contributed by atoms with Crippen molar-refractivity contribution in [3.05, 3.63) is 53.5 Å². The van der Waals surface area contributed by atoms with Gasteiger partial charge in [-0.1, -0.05) is 12.1 Å². The van der Waals surface area contributed by atoms with Gasteiger partial charge in [-0.2, -0.15) is 18.4 Å². The highest BCUT2D eigenvalue weighted by Crippen LogP contribution is 2.29. The van der Waals surface area contributed by atoms with Crippen molar-refractivity contribution in [2.45, 2.75) is 12.7 Å². The summed E-state index contributed by atoms with van der Waals surface area (Å²) in [7, 11) is 0. The molecular weight excluding hydrogens is 269 g/mol. The van der Waals surface area contributed by atoms with Gasteiger partial charge < -0.3 is 5.32 Å². The molecule has 1 aromatic carbocycles. The minimum atomic E-state index is -4.34. The standard InChI is InChI=1S/C13H9F3N4/c14-13(15,16)11-3-1-9(2-4-11)6-19-12-10(5-17)7-18-8-20-12/h1-4,7-8H,6H2,(H,18,19,20). The van der Waals surface area contributed by atoms with Crippen LogP contribution in [0.2, 0.25) is 0 Å². The second kappa shape index (κ2) is 5.57. The third-order valence-electron chi connectivity index (χ3n) is 2.57. The molecule has 2 rings (SSSR count). The lowest BCUT2D eigenvalue weighted by molar-refractivity contribution is -0.137. The summed E-state index contributed by atoms with van der Waals surface area (Å²) < 4.78 is 37.2. The molecule has 0 aliphatic carbocycles. The van der Waals surface area contributed by atoms with Crippen molar-refractivity contribution >= 4 is 5.82 Å². The summed E-state index contributed by atoms with van der Waals surface area (Å²) in [5.41, 5.74) is 0.237. The van der Waals surface area contributed by atoms with E-state index in [2.05, 4.69) is 15.3 Å².